The van der Waals surface area contributed by atoms with E-state index >= 15 is 0 Å². The lowest BCUT2D eigenvalue weighted by molar-refractivity contribution is -0.136. The monoisotopic (exact) mass is 572 g/mol. The largest absolute Gasteiger partial charge is 0.434 e. The van der Waals surface area contributed by atoms with E-state index in [9.17, 15) is 19.2 Å². The van der Waals surface area contributed by atoms with E-state index in [0.717, 1.165) is 32.1 Å². The van der Waals surface area contributed by atoms with Crippen molar-refractivity contribution >= 4 is 45.6 Å². The second-order valence-electron chi connectivity index (χ2n) is 10.9. The van der Waals surface area contributed by atoms with Crippen molar-refractivity contribution in [3.05, 3.63) is 60.3 Å². The SMILES string of the molecule is CC[C@H](NC(=O)C(CC1CCCCC1)C(=O)N[C@@H](CC)C(=O)c1nc2ccccc2o1)C(=O)c1nc2ccccc2o1. The van der Waals surface area contributed by atoms with Crippen molar-refractivity contribution in [2.75, 3.05) is 0 Å². The maximum atomic E-state index is 13.7. The lowest BCUT2D eigenvalue weighted by atomic mass is 9.82. The first kappa shape index (κ1) is 29.2. The van der Waals surface area contributed by atoms with Gasteiger partial charge < -0.3 is 19.5 Å². The molecule has 2 amide bonds. The number of Topliss-reactive ketones (excluding diaryl/α,β-unsaturated/α-hetero) is 2. The second-order valence-corrected chi connectivity index (χ2v) is 10.9. The van der Waals surface area contributed by atoms with Crippen molar-refractivity contribution in [3.63, 3.8) is 0 Å². The van der Waals surface area contributed by atoms with E-state index in [2.05, 4.69) is 20.6 Å². The predicted molar refractivity (Wildman–Crippen MR) is 156 cm³/mol. The topological polar surface area (TPSA) is 144 Å². The van der Waals surface area contributed by atoms with Crippen molar-refractivity contribution < 1.29 is 28.0 Å². The molecule has 0 spiro atoms. The Morgan fingerprint density at radius 3 is 1.62 bits per heavy atom. The number of rotatable bonds is 12. The van der Waals surface area contributed by atoms with Crippen LogP contribution in [0.25, 0.3) is 22.2 Å². The number of amides is 2. The Morgan fingerprint density at radius 2 is 1.19 bits per heavy atom. The highest BCUT2D eigenvalue weighted by Crippen LogP contribution is 2.30. The minimum Gasteiger partial charge on any atom is -0.434 e. The molecule has 10 nitrogen and oxygen atoms in total. The third-order valence-electron chi connectivity index (χ3n) is 8.02. The van der Waals surface area contributed by atoms with Gasteiger partial charge in [-0.2, -0.15) is 0 Å². The number of nitrogens with one attached hydrogen (secondary N) is 2. The zero-order valence-electron chi connectivity index (χ0n) is 23.9. The molecule has 0 bridgehead atoms. The Kier molecular flexibility index (Phi) is 9.09. The van der Waals surface area contributed by atoms with Crippen LogP contribution in [0, 0.1) is 11.8 Å². The molecule has 2 heterocycles. The Balaban J connectivity index is 1.33. The van der Waals surface area contributed by atoms with Crippen molar-refractivity contribution in [1.29, 1.82) is 0 Å². The van der Waals surface area contributed by atoms with Gasteiger partial charge in [-0.05, 0) is 49.4 Å². The summed E-state index contributed by atoms with van der Waals surface area (Å²) < 4.78 is 11.3. The zero-order valence-corrected chi connectivity index (χ0v) is 23.9. The highest BCUT2D eigenvalue weighted by molar-refractivity contribution is 6.06. The molecular formula is C32H36N4O6. The predicted octanol–water partition coefficient (Wildman–Crippen LogP) is 5.41. The summed E-state index contributed by atoms with van der Waals surface area (Å²) in [5, 5.41) is 5.57. The maximum Gasteiger partial charge on any atom is 0.266 e. The van der Waals surface area contributed by atoms with E-state index in [1.54, 1.807) is 62.4 Å². The first-order valence-electron chi connectivity index (χ1n) is 14.8. The molecule has 0 aliphatic heterocycles. The van der Waals surface area contributed by atoms with Gasteiger partial charge in [-0.25, -0.2) is 9.97 Å². The van der Waals surface area contributed by atoms with Gasteiger partial charge in [0.1, 0.15) is 17.0 Å². The number of para-hydroxylation sites is 4. The van der Waals surface area contributed by atoms with Gasteiger partial charge in [-0.3, -0.25) is 19.2 Å². The van der Waals surface area contributed by atoms with Gasteiger partial charge in [0.05, 0.1) is 12.1 Å². The summed E-state index contributed by atoms with van der Waals surface area (Å²) in [6, 6.07) is 12.2. The molecule has 1 fully saturated rings. The lowest BCUT2D eigenvalue weighted by Gasteiger charge is -2.27. The molecule has 42 heavy (non-hydrogen) atoms. The molecule has 10 heteroatoms. The summed E-state index contributed by atoms with van der Waals surface area (Å²) in [5.74, 6) is -3.10. The van der Waals surface area contributed by atoms with Crippen LogP contribution in [-0.2, 0) is 9.59 Å². The number of nitrogens with zero attached hydrogens (tertiary/aromatic N) is 2. The third kappa shape index (κ3) is 6.42. The van der Waals surface area contributed by atoms with Crippen LogP contribution in [0.3, 0.4) is 0 Å². The molecule has 1 saturated carbocycles. The molecule has 1 aliphatic rings. The quantitative estimate of drug-likeness (QED) is 0.169. The van der Waals surface area contributed by atoms with E-state index in [1.807, 2.05) is 0 Å². The molecule has 5 rings (SSSR count). The van der Waals surface area contributed by atoms with Crippen LogP contribution in [-0.4, -0.2) is 45.4 Å². The molecule has 0 radical (unpaired) electrons. The van der Waals surface area contributed by atoms with E-state index < -0.39 is 41.4 Å². The summed E-state index contributed by atoms with van der Waals surface area (Å²) in [6.07, 6.45) is 5.98. The van der Waals surface area contributed by atoms with Crippen LogP contribution < -0.4 is 10.6 Å². The van der Waals surface area contributed by atoms with Gasteiger partial charge in [0.2, 0.25) is 23.4 Å². The number of benzene rings is 2. The van der Waals surface area contributed by atoms with E-state index in [1.165, 1.54) is 0 Å². The van der Waals surface area contributed by atoms with E-state index in [-0.39, 0.29) is 30.5 Å². The third-order valence-corrected chi connectivity index (χ3v) is 8.02. The van der Waals surface area contributed by atoms with Crippen LogP contribution in [0.15, 0.2) is 57.4 Å². The summed E-state index contributed by atoms with van der Waals surface area (Å²) in [7, 11) is 0. The first-order chi connectivity index (χ1) is 20.4. The summed E-state index contributed by atoms with van der Waals surface area (Å²) in [6.45, 7) is 3.54. The molecule has 2 N–H and O–H groups in total. The molecule has 220 valence electrons. The van der Waals surface area contributed by atoms with E-state index in [0.29, 0.717) is 28.6 Å². The first-order valence-corrected chi connectivity index (χ1v) is 14.8. The van der Waals surface area contributed by atoms with Gasteiger partial charge in [0.25, 0.3) is 11.8 Å². The minimum atomic E-state index is -1.08. The number of oxazole rings is 2. The minimum absolute atomic E-state index is 0.0911. The van der Waals surface area contributed by atoms with Gasteiger partial charge >= 0.3 is 0 Å². The fourth-order valence-electron chi connectivity index (χ4n) is 5.59. The zero-order chi connectivity index (χ0) is 29.6. The number of carbonyl (C=O) groups excluding carboxylic acids is 4. The molecule has 2 atom stereocenters. The van der Waals surface area contributed by atoms with E-state index in [4.69, 9.17) is 8.83 Å². The molecule has 2 aromatic carbocycles. The normalized spacial score (nSPS) is 15.5. The van der Waals surface area contributed by atoms with Crippen LogP contribution in [0.1, 0.15) is 86.6 Å². The van der Waals surface area contributed by atoms with Gasteiger partial charge in [-0.1, -0.05) is 70.2 Å². The standard InChI is InChI=1S/C32H36N4O6/c1-3-21(27(37)31-35-23-14-8-10-16-25(23)41-31)33-29(39)20(18-19-12-6-5-7-13-19)30(40)34-22(4-2)28(38)32-36-24-15-9-11-17-26(24)42-32/h8-11,14-17,19-22H,3-7,12-13,18H2,1-2H3,(H,33,39)(H,34,40)/t21-,22-/m0/s1. The second kappa shape index (κ2) is 13.1. The maximum absolute atomic E-state index is 13.7. The Labute approximate surface area is 243 Å². The fourth-order valence-corrected chi connectivity index (χ4v) is 5.59. The van der Waals surface area contributed by atoms with Gasteiger partial charge in [-0.15, -0.1) is 0 Å². The summed E-state index contributed by atoms with van der Waals surface area (Å²) in [4.78, 5) is 62.4. The molecule has 0 saturated heterocycles. The number of fused-ring (bicyclic) bond motifs is 2. The van der Waals surface area contributed by atoms with Gasteiger partial charge in [0.15, 0.2) is 11.2 Å². The summed E-state index contributed by atoms with van der Waals surface area (Å²) >= 11 is 0. The Morgan fingerprint density at radius 1 is 0.738 bits per heavy atom. The molecule has 2 aromatic heterocycles. The van der Waals surface area contributed by atoms with Crippen LogP contribution >= 0.6 is 0 Å². The number of hydrogen-bond donors (Lipinski definition) is 2. The average Bonchev–Trinajstić information content (AvgIpc) is 3.65. The highest BCUT2D eigenvalue weighted by Gasteiger charge is 2.36. The van der Waals surface area contributed by atoms with Crippen LogP contribution in [0.4, 0.5) is 0 Å². The summed E-state index contributed by atoms with van der Waals surface area (Å²) in [5.41, 5.74) is 2.05. The smallest absolute Gasteiger partial charge is 0.266 e. The van der Waals surface area contributed by atoms with Crippen molar-refractivity contribution in [2.45, 2.75) is 77.3 Å². The Hall–Kier alpha value is -4.34. The van der Waals surface area contributed by atoms with Crippen molar-refractivity contribution in [1.82, 2.24) is 20.6 Å². The molecule has 4 aromatic rings. The fraction of sp³-hybridized carbons (Fsp3) is 0.438. The number of hydrogen-bond acceptors (Lipinski definition) is 8. The number of aromatic nitrogens is 2. The molecular weight excluding hydrogens is 536 g/mol. The number of carbonyl (C=O) groups is 4. The van der Waals surface area contributed by atoms with Crippen molar-refractivity contribution in [3.8, 4) is 0 Å². The molecule has 0 unspecified atom stereocenters. The number of ketones is 2. The van der Waals surface area contributed by atoms with Crippen LogP contribution in [0.2, 0.25) is 0 Å². The molecule has 1 aliphatic carbocycles. The highest BCUT2D eigenvalue weighted by atomic mass is 16.4. The lowest BCUT2D eigenvalue weighted by Crippen LogP contribution is -2.51. The average molecular weight is 573 g/mol. The van der Waals surface area contributed by atoms with Crippen LogP contribution in [0.5, 0.6) is 0 Å². The van der Waals surface area contributed by atoms with Crippen molar-refractivity contribution in [2.24, 2.45) is 11.8 Å². The van der Waals surface area contributed by atoms with Gasteiger partial charge in [0, 0.05) is 0 Å². The Bertz CT molecular complexity index is 1410.